The summed E-state index contributed by atoms with van der Waals surface area (Å²) in [5, 5.41) is 12.0. The van der Waals surface area contributed by atoms with E-state index in [1.54, 1.807) is 24.3 Å². The standard InChI is InChI=1S/C22H23ClO3S/c23-18-11-10-16(19(14-18)21(24)20-7-4-12-27-20)13-17(22(25)26)9-8-15-5-2-1-3-6-15/h4-5,7,10-12,14,17H,1-3,6,8-9,13H2,(H,25,26). The summed E-state index contributed by atoms with van der Waals surface area (Å²) >= 11 is 7.49. The quantitative estimate of drug-likeness (QED) is 0.425. The summed E-state index contributed by atoms with van der Waals surface area (Å²) in [6.07, 6.45) is 8.61. The molecule has 0 amide bonds. The van der Waals surface area contributed by atoms with E-state index in [1.807, 2.05) is 11.4 Å². The molecule has 1 unspecified atom stereocenters. The molecule has 27 heavy (non-hydrogen) atoms. The van der Waals surface area contributed by atoms with Gasteiger partial charge in [0.05, 0.1) is 10.8 Å². The zero-order valence-electron chi connectivity index (χ0n) is 15.1. The highest BCUT2D eigenvalue weighted by Gasteiger charge is 2.23. The maximum absolute atomic E-state index is 12.8. The minimum atomic E-state index is -0.809. The number of carboxylic acid groups (broad SMARTS) is 1. The highest BCUT2D eigenvalue weighted by molar-refractivity contribution is 7.12. The Hall–Kier alpha value is -1.91. The third-order valence-electron chi connectivity index (χ3n) is 5.08. The molecule has 2 aromatic rings. The molecule has 0 radical (unpaired) electrons. The van der Waals surface area contributed by atoms with Crippen LogP contribution in [0.25, 0.3) is 0 Å². The van der Waals surface area contributed by atoms with Crippen LogP contribution in [-0.4, -0.2) is 16.9 Å². The van der Waals surface area contributed by atoms with Crippen molar-refractivity contribution in [3.8, 4) is 0 Å². The zero-order valence-corrected chi connectivity index (χ0v) is 16.7. The van der Waals surface area contributed by atoms with Gasteiger partial charge in [-0.05, 0) is 74.1 Å². The first-order chi connectivity index (χ1) is 13.0. The molecule has 1 aliphatic rings. The van der Waals surface area contributed by atoms with E-state index in [2.05, 4.69) is 6.08 Å². The van der Waals surface area contributed by atoms with E-state index >= 15 is 0 Å². The summed E-state index contributed by atoms with van der Waals surface area (Å²) in [6.45, 7) is 0. The van der Waals surface area contributed by atoms with Crippen molar-refractivity contribution in [1.29, 1.82) is 0 Å². The minimum absolute atomic E-state index is 0.0957. The zero-order chi connectivity index (χ0) is 19.2. The van der Waals surface area contributed by atoms with Gasteiger partial charge < -0.3 is 5.11 Å². The van der Waals surface area contributed by atoms with Crippen molar-refractivity contribution in [2.45, 2.75) is 44.9 Å². The van der Waals surface area contributed by atoms with Crippen LogP contribution in [0.1, 0.15) is 59.3 Å². The fourth-order valence-electron chi connectivity index (χ4n) is 3.55. The first kappa shape index (κ1) is 19.8. The molecule has 1 heterocycles. The van der Waals surface area contributed by atoms with Gasteiger partial charge in [-0.2, -0.15) is 0 Å². The molecular formula is C22H23ClO3S. The summed E-state index contributed by atoms with van der Waals surface area (Å²) in [4.78, 5) is 25.3. The van der Waals surface area contributed by atoms with Crippen molar-refractivity contribution in [3.63, 3.8) is 0 Å². The second kappa shape index (κ2) is 9.34. The Labute approximate surface area is 168 Å². The monoisotopic (exact) mass is 402 g/mol. The predicted molar refractivity (Wildman–Crippen MR) is 110 cm³/mol. The molecule has 0 saturated heterocycles. The average Bonchev–Trinajstić information content (AvgIpc) is 3.21. The molecule has 5 heteroatoms. The third-order valence-corrected chi connectivity index (χ3v) is 6.18. The molecule has 1 atom stereocenters. The molecule has 0 bridgehead atoms. The van der Waals surface area contributed by atoms with Crippen LogP contribution >= 0.6 is 22.9 Å². The third kappa shape index (κ3) is 5.30. The molecule has 0 spiro atoms. The lowest BCUT2D eigenvalue weighted by Crippen LogP contribution is -2.18. The Morgan fingerprint density at radius 2 is 2.07 bits per heavy atom. The van der Waals surface area contributed by atoms with Crippen molar-refractivity contribution >= 4 is 34.7 Å². The number of hydrogen-bond acceptors (Lipinski definition) is 3. The van der Waals surface area contributed by atoms with E-state index in [1.165, 1.54) is 29.8 Å². The largest absolute Gasteiger partial charge is 0.481 e. The molecule has 1 aromatic carbocycles. The van der Waals surface area contributed by atoms with Gasteiger partial charge in [0.1, 0.15) is 0 Å². The van der Waals surface area contributed by atoms with Crippen LogP contribution in [0.15, 0.2) is 47.4 Å². The molecule has 1 aromatic heterocycles. The van der Waals surface area contributed by atoms with Crippen molar-refractivity contribution in [1.82, 2.24) is 0 Å². The number of ketones is 1. The van der Waals surface area contributed by atoms with Gasteiger partial charge in [0.15, 0.2) is 0 Å². The molecule has 0 aliphatic heterocycles. The van der Waals surface area contributed by atoms with Gasteiger partial charge >= 0.3 is 5.97 Å². The minimum Gasteiger partial charge on any atom is -0.481 e. The van der Waals surface area contributed by atoms with Gasteiger partial charge in [-0.15, -0.1) is 11.3 Å². The molecular weight excluding hydrogens is 380 g/mol. The molecule has 0 fully saturated rings. The fraction of sp³-hybridized carbons (Fsp3) is 0.364. The number of benzene rings is 1. The lowest BCUT2D eigenvalue weighted by molar-refractivity contribution is -0.141. The van der Waals surface area contributed by atoms with Crippen LogP contribution in [0.2, 0.25) is 5.02 Å². The number of allylic oxidation sites excluding steroid dienone is 2. The second-order valence-electron chi connectivity index (χ2n) is 6.99. The first-order valence-corrected chi connectivity index (χ1v) is 10.6. The van der Waals surface area contributed by atoms with E-state index in [0.717, 1.165) is 24.8 Å². The average molecular weight is 403 g/mol. The Bertz CT molecular complexity index is 839. The first-order valence-electron chi connectivity index (χ1n) is 9.32. The van der Waals surface area contributed by atoms with E-state index in [0.29, 0.717) is 28.3 Å². The summed E-state index contributed by atoms with van der Waals surface area (Å²) in [6, 6.07) is 8.78. The lowest BCUT2D eigenvalue weighted by Gasteiger charge is -2.17. The number of hydrogen-bond donors (Lipinski definition) is 1. The van der Waals surface area contributed by atoms with E-state index < -0.39 is 11.9 Å². The van der Waals surface area contributed by atoms with Crippen LogP contribution in [0, 0.1) is 5.92 Å². The highest BCUT2D eigenvalue weighted by Crippen LogP contribution is 2.28. The Balaban J connectivity index is 1.78. The number of carboxylic acids is 1. The molecule has 142 valence electrons. The molecule has 0 saturated carbocycles. The molecule has 3 nitrogen and oxygen atoms in total. The topological polar surface area (TPSA) is 54.4 Å². The number of carbonyl (C=O) groups excluding carboxylic acids is 1. The van der Waals surface area contributed by atoms with Crippen LogP contribution in [0.4, 0.5) is 0 Å². The number of thiophene rings is 1. The summed E-state index contributed by atoms with van der Waals surface area (Å²) < 4.78 is 0. The summed E-state index contributed by atoms with van der Waals surface area (Å²) in [5.41, 5.74) is 2.63. The van der Waals surface area contributed by atoms with E-state index in [-0.39, 0.29) is 5.78 Å². The van der Waals surface area contributed by atoms with Crippen molar-refractivity contribution in [3.05, 3.63) is 68.4 Å². The Morgan fingerprint density at radius 3 is 2.74 bits per heavy atom. The van der Waals surface area contributed by atoms with Gasteiger partial charge in [-0.3, -0.25) is 9.59 Å². The maximum Gasteiger partial charge on any atom is 0.306 e. The SMILES string of the molecule is O=C(c1cccs1)c1cc(Cl)ccc1CC(CCC1=CCCCC1)C(=O)O. The lowest BCUT2D eigenvalue weighted by atomic mass is 9.87. The van der Waals surface area contributed by atoms with Gasteiger partial charge in [0.2, 0.25) is 5.78 Å². The van der Waals surface area contributed by atoms with Crippen molar-refractivity contribution in [2.75, 3.05) is 0 Å². The van der Waals surface area contributed by atoms with Crippen LogP contribution in [0.5, 0.6) is 0 Å². The Morgan fingerprint density at radius 1 is 1.22 bits per heavy atom. The normalized spacial score (nSPS) is 15.2. The van der Waals surface area contributed by atoms with Gasteiger partial charge in [-0.1, -0.05) is 35.4 Å². The highest BCUT2D eigenvalue weighted by atomic mass is 35.5. The maximum atomic E-state index is 12.8. The number of aliphatic carboxylic acids is 1. The summed E-state index contributed by atoms with van der Waals surface area (Å²) in [5.74, 6) is -1.42. The number of carbonyl (C=O) groups is 2. The molecule has 1 N–H and O–H groups in total. The summed E-state index contributed by atoms with van der Waals surface area (Å²) in [7, 11) is 0. The van der Waals surface area contributed by atoms with Crippen LogP contribution in [0.3, 0.4) is 0 Å². The Kier molecular flexibility index (Phi) is 6.86. The van der Waals surface area contributed by atoms with Gasteiger partial charge in [-0.25, -0.2) is 0 Å². The fourth-order valence-corrected chi connectivity index (χ4v) is 4.40. The number of halogens is 1. The molecule has 1 aliphatic carbocycles. The van der Waals surface area contributed by atoms with Gasteiger partial charge in [0.25, 0.3) is 0 Å². The predicted octanol–water partition coefficient (Wildman–Crippen LogP) is 6.16. The smallest absolute Gasteiger partial charge is 0.306 e. The van der Waals surface area contributed by atoms with Crippen LogP contribution in [-0.2, 0) is 11.2 Å². The number of rotatable bonds is 8. The van der Waals surface area contributed by atoms with Gasteiger partial charge in [0, 0.05) is 10.6 Å². The van der Waals surface area contributed by atoms with E-state index in [4.69, 9.17) is 11.6 Å². The molecule has 3 rings (SSSR count). The van der Waals surface area contributed by atoms with E-state index in [9.17, 15) is 14.7 Å². The van der Waals surface area contributed by atoms with Crippen LogP contribution < -0.4 is 0 Å². The second-order valence-corrected chi connectivity index (χ2v) is 8.38. The van der Waals surface area contributed by atoms with Crippen molar-refractivity contribution in [2.24, 2.45) is 5.92 Å². The van der Waals surface area contributed by atoms with Crippen molar-refractivity contribution < 1.29 is 14.7 Å².